The van der Waals surface area contributed by atoms with Crippen LogP contribution in [-0.2, 0) is 19.0 Å². The van der Waals surface area contributed by atoms with Crippen molar-refractivity contribution in [3.8, 4) is 0 Å². The SMILES string of the molecule is CC1(C)OCC(C)(C(=O)NCC(C)(C)N2CCOCC2)CO1. The van der Waals surface area contributed by atoms with Gasteiger partial charge in [-0.2, -0.15) is 0 Å². The summed E-state index contributed by atoms with van der Waals surface area (Å²) in [6.07, 6.45) is 0. The molecule has 0 aliphatic carbocycles. The summed E-state index contributed by atoms with van der Waals surface area (Å²) in [4.78, 5) is 14.9. The van der Waals surface area contributed by atoms with Crippen LogP contribution in [0.4, 0.5) is 0 Å². The molecule has 2 aliphatic heterocycles. The second kappa shape index (κ2) is 6.43. The first-order valence-corrected chi connectivity index (χ1v) is 8.04. The smallest absolute Gasteiger partial charge is 0.230 e. The van der Waals surface area contributed by atoms with E-state index in [0.29, 0.717) is 19.8 Å². The number of hydrogen-bond acceptors (Lipinski definition) is 5. The molecule has 2 aliphatic rings. The Morgan fingerprint density at radius 2 is 1.68 bits per heavy atom. The fourth-order valence-electron chi connectivity index (χ4n) is 2.67. The average Bonchev–Trinajstić information content (AvgIpc) is 2.49. The highest BCUT2D eigenvalue weighted by molar-refractivity contribution is 5.82. The molecule has 0 unspecified atom stereocenters. The molecule has 0 aromatic carbocycles. The molecule has 0 spiro atoms. The number of ether oxygens (including phenoxy) is 3. The number of amides is 1. The Labute approximate surface area is 133 Å². The Morgan fingerprint density at radius 1 is 1.14 bits per heavy atom. The maximum absolute atomic E-state index is 12.5. The Balaban J connectivity index is 1.86. The van der Waals surface area contributed by atoms with Crippen LogP contribution in [0.2, 0.25) is 0 Å². The molecule has 6 nitrogen and oxygen atoms in total. The maximum atomic E-state index is 12.5. The molecule has 22 heavy (non-hydrogen) atoms. The van der Waals surface area contributed by atoms with Crippen molar-refractivity contribution in [2.45, 2.75) is 45.9 Å². The van der Waals surface area contributed by atoms with Gasteiger partial charge in [-0.3, -0.25) is 9.69 Å². The van der Waals surface area contributed by atoms with Crippen LogP contribution in [0.15, 0.2) is 0 Å². The molecule has 0 bridgehead atoms. The van der Waals surface area contributed by atoms with Crippen molar-refractivity contribution in [2.24, 2.45) is 5.41 Å². The van der Waals surface area contributed by atoms with E-state index in [0.717, 1.165) is 26.3 Å². The van der Waals surface area contributed by atoms with Crippen LogP contribution in [0.25, 0.3) is 0 Å². The summed E-state index contributed by atoms with van der Waals surface area (Å²) in [6, 6.07) is 0. The molecule has 0 aromatic rings. The monoisotopic (exact) mass is 314 g/mol. The molecule has 2 heterocycles. The van der Waals surface area contributed by atoms with Gasteiger partial charge in [0.2, 0.25) is 5.91 Å². The van der Waals surface area contributed by atoms with E-state index in [1.807, 2.05) is 20.8 Å². The molecule has 1 amide bonds. The normalized spacial score (nSPS) is 25.7. The minimum absolute atomic E-state index is 0.00988. The molecule has 0 saturated carbocycles. The first-order valence-electron chi connectivity index (χ1n) is 8.04. The molecule has 2 rings (SSSR count). The number of carbonyl (C=O) groups excluding carboxylic acids is 1. The van der Waals surface area contributed by atoms with Gasteiger partial charge in [-0.1, -0.05) is 0 Å². The van der Waals surface area contributed by atoms with Crippen molar-refractivity contribution in [1.29, 1.82) is 0 Å². The van der Waals surface area contributed by atoms with E-state index in [2.05, 4.69) is 24.1 Å². The van der Waals surface area contributed by atoms with E-state index in [4.69, 9.17) is 14.2 Å². The van der Waals surface area contributed by atoms with Crippen LogP contribution >= 0.6 is 0 Å². The molecule has 6 heteroatoms. The van der Waals surface area contributed by atoms with Crippen LogP contribution < -0.4 is 5.32 Å². The zero-order chi connectivity index (χ0) is 16.4. The van der Waals surface area contributed by atoms with Crippen LogP contribution in [0.1, 0.15) is 34.6 Å². The molecule has 128 valence electrons. The number of rotatable bonds is 4. The molecular weight excluding hydrogens is 284 g/mol. The fourth-order valence-corrected chi connectivity index (χ4v) is 2.67. The third-order valence-electron chi connectivity index (χ3n) is 4.57. The van der Waals surface area contributed by atoms with Gasteiger partial charge in [-0.25, -0.2) is 0 Å². The van der Waals surface area contributed by atoms with Crippen molar-refractivity contribution >= 4 is 5.91 Å². The summed E-state index contributed by atoms with van der Waals surface area (Å²) in [5.41, 5.74) is -0.720. The lowest BCUT2D eigenvalue weighted by Gasteiger charge is -2.43. The third kappa shape index (κ3) is 4.19. The van der Waals surface area contributed by atoms with Gasteiger partial charge in [0, 0.05) is 25.2 Å². The number of nitrogens with one attached hydrogen (secondary N) is 1. The van der Waals surface area contributed by atoms with Gasteiger partial charge in [-0.05, 0) is 34.6 Å². The number of nitrogens with zero attached hydrogens (tertiary/aromatic N) is 1. The second-order valence-electron chi connectivity index (χ2n) is 7.63. The molecule has 0 atom stereocenters. The molecule has 0 radical (unpaired) electrons. The maximum Gasteiger partial charge on any atom is 0.230 e. The lowest BCUT2D eigenvalue weighted by molar-refractivity contribution is -0.277. The Bertz CT molecular complexity index is 393. The van der Waals surface area contributed by atoms with Crippen molar-refractivity contribution in [3.05, 3.63) is 0 Å². The standard InChI is InChI=1S/C16H30N2O4/c1-14(2,18-6-8-20-9-7-18)10-17-13(19)16(5)11-21-15(3,4)22-12-16/h6-12H2,1-5H3,(H,17,19). The van der Waals surface area contributed by atoms with Crippen molar-refractivity contribution < 1.29 is 19.0 Å². The first-order chi connectivity index (χ1) is 10.1. The zero-order valence-corrected chi connectivity index (χ0v) is 14.5. The highest BCUT2D eigenvalue weighted by atomic mass is 16.7. The number of carbonyl (C=O) groups is 1. The molecular formula is C16H30N2O4. The second-order valence-corrected chi connectivity index (χ2v) is 7.63. The summed E-state index contributed by atoms with van der Waals surface area (Å²) >= 11 is 0. The van der Waals surface area contributed by atoms with Gasteiger partial charge in [0.25, 0.3) is 0 Å². The van der Waals surface area contributed by atoms with Gasteiger partial charge < -0.3 is 19.5 Å². The highest BCUT2D eigenvalue weighted by Crippen LogP contribution is 2.29. The van der Waals surface area contributed by atoms with Gasteiger partial charge in [0.15, 0.2) is 5.79 Å². The summed E-state index contributed by atoms with van der Waals surface area (Å²) in [5, 5.41) is 3.08. The number of hydrogen-bond donors (Lipinski definition) is 1. The van der Waals surface area contributed by atoms with E-state index in [1.165, 1.54) is 0 Å². The molecule has 1 N–H and O–H groups in total. The summed E-state index contributed by atoms with van der Waals surface area (Å²) < 4.78 is 16.7. The average molecular weight is 314 g/mol. The zero-order valence-electron chi connectivity index (χ0n) is 14.5. The van der Waals surface area contributed by atoms with E-state index < -0.39 is 11.2 Å². The van der Waals surface area contributed by atoms with E-state index in [1.54, 1.807) is 0 Å². The quantitative estimate of drug-likeness (QED) is 0.839. The fraction of sp³-hybridized carbons (Fsp3) is 0.938. The topological polar surface area (TPSA) is 60.0 Å². The van der Waals surface area contributed by atoms with E-state index in [9.17, 15) is 4.79 Å². The van der Waals surface area contributed by atoms with Crippen LogP contribution in [0.3, 0.4) is 0 Å². The van der Waals surface area contributed by atoms with Gasteiger partial charge in [0.05, 0.1) is 31.8 Å². The Kier molecular flexibility index (Phi) is 5.16. The van der Waals surface area contributed by atoms with Gasteiger partial charge in [0.1, 0.15) is 0 Å². The highest BCUT2D eigenvalue weighted by Gasteiger charge is 2.42. The minimum Gasteiger partial charge on any atom is -0.379 e. The lowest BCUT2D eigenvalue weighted by atomic mass is 9.89. The Hall–Kier alpha value is -0.690. The summed E-state index contributed by atoms with van der Waals surface area (Å²) in [5.74, 6) is -0.614. The largest absolute Gasteiger partial charge is 0.379 e. The first kappa shape index (κ1) is 17.7. The van der Waals surface area contributed by atoms with Gasteiger partial charge >= 0.3 is 0 Å². The molecule has 0 aromatic heterocycles. The van der Waals surface area contributed by atoms with Crippen molar-refractivity contribution in [2.75, 3.05) is 46.1 Å². The van der Waals surface area contributed by atoms with Crippen molar-refractivity contribution in [1.82, 2.24) is 10.2 Å². The summed E-state index contributed by atoms with van der Waals surface area (Å²) in [7, 11) is 0. The summed E-state index contributed by atoms with van der Waals surface area (Å²) in [6.45, 7) is 14.6. The van der Waals surface area contributed by atoms with Crippen LogP contribution in [0.5, 0.6) is 0 Å². The Morgan fingerprint density at radius 3 is 2.23 bits per heavy atom. The predicted octanol–water partition coefficient (Wildman–Crippen LogP) is 1.00. The molecule has 2 fully saturated rings. The molecule has 2 saturated heterocycles. The van der Waals surface area contributed by atoms with Crippen LogP contribution in [0, 0.1) is 5.41 Å². The van der Waals surface area contributed by atoms with E-state index in [-0.39, 0.29) is 11.4 Å². The van der Waals surface area contributed by atoms with Gasteiger partial charge in [-0.15, -0.1) is 0 Å². The number of morpholine rings is 1. The lowest BCUT2D eigenvalue weighted by Crippen LogP contribution is -2.58. The van der Waals surface area contributed by atoms with Crippen molar-refractivity contribution in [3.63, 3.8) is 0 Å². The van der Waals surface area contributed by atoms with E-state index >= 15 is 0 Å². The minimum atomic E-state index is -0.628. The van der Waals surface area contributed by atoms with Crippen LogP contribution in [-0.4, -0.2) is 68.2 Å². The third-order valence-corrected chi connectivity index (χ3v) is 4.57. The predicted molar refractivity (Wildman–Crippen MR) is 83.6 cm³/mol.